The van der Waals surface area contributed by atoms with E-state index in [2.05, 4.69) is 10.6 Å². The van der Waals surface area contributed by atoms with Crippen LogP contribution in [-0.4, -0.2) is 43.7 Å². The largest absolute Gasteiger partial charge is 0.482 e. The lowest BCUT2D eigenvalue weighted by Crippen LogP contribution is -2.43. The number of hydrogen-bond donors (Lipinski definition) is 2. The number of rotatable bonds is 4. The highest BCUT2D eigenvalue weighted by molar-refractivity contribution is 7.89. The van der Waals surface area contributed by atoms with Crippen LogP contribution in [0.4, 0.5) is 15.8 Å². The van der Waals surface area contributed by atoms with E-state index in [0.717, 1.165) is 10.4 Å². The summed E-state index contributed by atoms with van der Waals surface area (Å²) >= 11 is 5.73. The van der Waals surface area contributed by atoms with Crippen molar-refractivity contribution in [1.29, 1.82) is 0 Å². The van der Waals surface area contributed by atoms with Crippen molar-refractivity contribution in [3.8, 4) is 5.75 Å². The van der Waals surface area contributed by atoms with Gasteiger partial charge < -0.3 is 15.4 Å². The summed E-state index contributed by atoms with van der Waals surface area (Å²) in [5, 5.41) is 5.26. The number of anilines is 2. The molecule has 4 rings (SSSR count). The first-order valence-corrected chi connectivity index (χ1v) is 11.3. The van der Waals surface area contributed by atoms with Crippen molar-refractivity contribution in [2.45, 2.75) is 30.7 Å². The SMILES string of the molecule is Cc1cc2c(cc1S(=O)(=O)N1CCC[C@H]1C(=O)Nc1ccc(Cl)cc1F)OCC(=O)N2. The normalized spacial score (nSPS) is 18.8. The van der Waals surface area contributed by atoms with Gasteiger partial charge >= 0.3 is 0 Å². The number of carbonyl (C=O) groups is 2. The minimum absolute atomic E-state index is 0.0141. The van der Waals surface area contributed by atoms with E-state index < -0.39 is 27.8 Å². The molecule has 0 saturated carbocycles. The number of nitrogens with zero attached hydrogens (tertiary/aromatic N) is 1. The minimum atomic E-state index is -4.05. The van der Waals surface area contributed by atoms with Crippen molar-refractivity contribution in [2.75, 3.05) is 23.8 Å². The first-order chi connectivity index (χ1) is 14.7. The van der Waals surface area contributed by atoms with Crippen LogP contribution >= 0.6 is 11.6 Å². The minimum Gasteiger partial charge on any atom is -0.482 e. The van der Waals surface area contributed by atoms with Gasteiger partial charge in [-0.3, -0.25) is 9.59 Å². The first-order valence-electron chi connectivity index (χ1n) is 9.52. The van der Waals surface area contributed by atoms with Gasteiger partial charge in [-0.05, 0) is 49.6 Å². The van der Waals surface area contributed by atoms with Crippen LogP contribution < -0.4 is 15.4 Å². The van der Waals surface area contributed by atoms with Gasteiger partial charge in [0.1, 0.15) is 17.6 Å². The number of fused-ring (bicyclic) bond motifs is 1. The van der Waals surface area contributed by atoms with Crippen LogP contribution in [0, 0.1) is 12.7 Å². The van der Waals surface area contributed by atoms with Gasteiger partial charge in [-0.2, -0.15) is 4.31 Å². The lowest BCUT2D eigenvalue weighted by molar-refractivity contribution is -0.119. The maximum Gasteiger partial charge on any atom is 0.262 e. The molecule has 2 aliphatic rings. The zero-order valence-electron chi connectivity index (χ0n) is 16.4. The number of amides is 2. The van der Waals surface area contributed by atoms with Gasteiger partial charge in [0.05, 0.1) is 16.3 Å². The number of sulfonamides is 1. The van der Waals surface area contributed by atoms with E-state index in [9.17, 15) is 22.4 Å². The summed E-state index contributed by atoms with van der Waals surface area (Å²) in [7, 11) is -4.05. The number of aryl methyl sites for hydroxylation is 1. The van der Waals surface area contributed by atoms with E-state index in [1.54, 1.807) is 6.92 Å². The molecule has 2 aromatic carbocycles. The van der Waals surface area contributed by atoms with Gasteiger partial charge in [0.15, 0.2) is 6.61 Å². The highest BCUT2D eigenvalue weighted by Crippen LogP contribution is 2.36. The summed E-state index contributed by atoms with van der Waals surface area (Å²) in [6.07, 6.45) is 0.785. The molecule has 2 heterocycles. The van der Waals surface area contributed by atoms with Crippen LogP contribution in [0.15, 0.2) is 35.2 Å². The highest BCUT2D eigenvalue weighted by atomic mass is 35.5. The molecule has 2 aromatic rings. The summed E-state index contributed by atoms with van der Waals surface area (Å²) in [6, 6.07) is 5.70. The molecule has 8 nitrogen and oxygen atoms in total. The van der Waals surface area contributed by atoms with E-state index in [-0.39, 0.29) is 40.4 Å². The van der Waals surface area contributed by atoms with Gasteiger partial charge in [0, 0.05) is 17.6 Å². The van der Waals surface area contributed by atoms with Crippen molar-refractivity contribution in [1.82, 2.24) is 4.31 Å². The fourth-order valence-electron chi connectivity index (χ4n) is 3.72. The smallest absolute Gasteiger partial charge is 0.262 e. The zero-order chi connectivity index (χ0) is 22.3. The summed E-state index contributed by atoms with van der Waals surface area (Å²) in [4.78, 5) is 24.3. The van der Waals surface area contributed by atoms with Gasteiger partial charge in [0.25, 0.3) is 5.91 Å². The van der Waals surface area contributed by atoms with Crippen LogP contribution in [0.25, 0.3) is 0 Å². The average Bonchev–Trinajstić information content (AvgIpc) is 3.20. The second-order valence-corrected chi connectivity index (χ2v) is 9.63. The van der Waals surface area contributed by atoms with Gasteiger partial charge in [0.2, 0.25) is 15.9 Å². The predicted octanol–water partition coefficient (Wildman–Crippen LogP) is 2.91. The summed E-state index contributed by atoms with van der Waals surface area (Å²) in [5.74, 6) is -1.42. The van der Waals surface area contributed by atoms with E-state index in [1.165, 1.54) is 24.3 Å². The molecule has 31 heavy (non-hydrogen) atoms. The Morgan fingerprint density at radius 3 is 2.84 bits per heavy atom. The quantitative estimate of drug-likeness (QED) is 0.719. The number of benzene rings is 2. The lowest BCUT2D eigenvalue weighted by Gasteiger charge is -2.26. The number of ether oxygens (including phenoxy) is 1. The third-order valence-electron chi connectivity index (χ3n) is 5.19. The second-order valence-electron chi connectivity index (χ2n) is 7.34. The molecule has 164 valence electrons. The molecule has 2 N–H and O–H groups in total. The molecule has 0 aromatic heterocycles. The Hall–Kier alpha value is -2.69. The summed E-state index contributed by atoms with van der Waals surface area (Å²) in [6.45, 7) is 1.54. The zero-order valence-corrected chi connectivity index (χ0v) is 18.0. The molecule has 2 amide bonds. The first kappa shape index (κ1) is 21.5. The molecule has 0 aliphatic carbocycles. The number of hydrogen-bond acceptors (Lipinski definition) is 5. The van der Waals surface area contributed by atoms with Crippen LogP contribution in [-0.2, 0) is 19.6 Å². The highest BCUT2D eigenvalue weighted by Gasteiger charge is 2.40. The lowest BCUT2D eigenvalue weighted by atomic mass is 10.2. The monoisotopic (exact) mass is 467 g/mol. The van der Waals surface area contributed by atoms with E-state index in [4.69, 9.17) is 16.3 Å². The number of nitrogens with one attached hydrogen (secondary N) is 2. The maximum atomic E-state index is 14.1. The molecule has 1 atom stereocenters. The topological polar surface area (TPSA) is 105 Å². The van der Waals surface area contributed by atoms with Crippen LogP contribution in [0.2, 0.25) is 5.02 Å². The summed E-state index contributed by atoms with van der Waals surface area (Å²) in [5.41, 5.74) is 0.716. The summed E-state index contributed by atoms with van der Waals surface area (Å²) < 4.78 is 47.3. The van der Waals surface area contributed by atoms with E-state index in [0.29, 0.717) is 24.1 Å². The van der Waals surface area contributed by atoms with Crippen molar-refractivity contribution in [2.24, 2.45) is 0 Å². The Balaban J connectivity index is 1.62. The fourth-order valence-corrected chi connectivity index (χ4v) is 5.76. The Bertz CT molecular complexity index is 1190. The maximum absolute atomic E-state index is 14.1. The Morgan fingerprint density at radius 2 is 2.10 bits per heavy atom. The van der Waals surface area contributed by atoms with Crippen molar-refractivity contribution in [3.63, 3.8) is 0 Å². The average molecular weight is 468 g/mol. The van der Waals surface area contributed by atoms with Crippen LogP contribution in [0.3, 0.4) is 0 Å². The van der Waals surface area contributed by atoms with Gasteiger partial charge in [-0.1, -0.05) is 11.6 Å². The van der Waals surface area contributed by atoms with Gasteiger partial charge in [-0.25, -0.2) is 12.8 Å². The predicted molar refractivity (Wildman–Crippen MR) is 112 cm³/mol. The van der Waals surface area contributed by atoms with Gasteiger partial charge in [-0.15, -0.1) is 0 Å². The van der Waals surface area contributed by atoms with Crippen LogP contribution in [0.1, 0.15) is 18.4 Å². The third kappa shape index (κ3) is 4.10. The molecule has 0 spiro atoms. The Kier molecular flexibility index (Phi) is 5.63. The van der Waals surface area contributed by atoms with Crippen LogP contribution in [0.5, 0.6) is 5.75 Å². The van der Waals surface area contributed by atoms with Crippen molar-refractivity contribution in [3.05, 3.63) is 46.7 Å². The molecular weight excluding hydrogens is 449 g/mol. The second kappa shape index (κ2) is 8.10. The molecule has 0 radical (unpaired) electrons. The van der Waals surface area contributed by atoms with Crippen molar-refractivity contribution < 1.29 is 27.1 Å². The fraction of sp³-hybridized carbons (Fsp3) is 0.300. The standard InChI is InChI=1S/C20H19ClFN3O5S/c1-11-7-15-17(30-10-19(26)23-15)9-18(11)31(28,29)25-6-2-3-16(25)20(27)24-14-5-4-12(21)8-13(14)22/h4-5,7-9,16H,2-3,6,10H2,1H3,(H,23,26)(H,24,27)/t16-/m0/s1. The molecule has 11 heteroatoms. The molecule has 1 fully saturated rings. The number of halogens is 2. The Labute approximate surface area is 183 Å². The van der Waals surface area contributed by atoms with Crippen molar-refractivity contribution >= 4 is 44.8 Å². The number of carbonyl (C=O) groups excluding carboxylic acids is 2. The van der Waals surface area contributed by atoms with E-state index >= 15 is 0 Å². The third-order valence-corrected chi connectivity index (χ3v) is 7.48. The molecule has 0 bridgehead atoms. The van der Waals surface area contributed by atoms with E-state index in [1.807, 2.05) is 0 Å². The molecule has 2 aliphatic heterocycles. The molecule has 0 unspecified atom stereocenters. The molecular formula is C20H19ClFN3O5S. The molecule has 1 saturated heterocycles. The Morgan fingerprint density at radius 1 is 1.32 bits per heavy atom.